The summed E-state index contributed by atoms with van der Waals surface area (Å²) in [7, 11) is 0. The third-order valence-corrected chi connectivity index (χ3v) is 3.99. The SMILES string of the molecule is CCN(Cc1ccncc1)CC1(N)CCCCC1. The van der Waals surface area contributed by atoms with Gasteiger partial charge >= 0.3 is 0 Å². The molecule has 0 amide bonds. The van der Waals surface area contributed by atoms with E-state index in [1.165, 1.54) is 37.7 Å². The Bertz CT molecular complexity index is 344. The summed E-state index contributed by atoms with van der Waals surface area (Å²) in [4.78, 5) is 6.52. The lowest BCUT2D eigenvalue weighted by Crippen LogP contribution is -2.51. The van der Waals surface area contributed by atoms with Crippen molar-refractivity contribution >= 4 is 0 Å². The molecule has 0 saturated heterocycles. The van der Waals surface area contributed by atoms with Gasteiger partial charge in [0.05, 0.1) is 0 Å². The average Bonchev–Trinajstić information content (AvgIpc) is 2.40. The van der Waals surface area contributed by atoms with Crippen LogP contribution in [0.4, 0.5) is 0 Å². The van der Waals surface area contributed by atoms with Gasteiger partial charge in [-0.1, -0.05) is 26.2 Å². The van der Waals surface area contributed by atoms with Crippen molar-refractivity contribution in [3.63, 3.8) is 0 Å². The highest BCUT2D eigenvalue weighted by atomic mass is 15.1. The van der Waals surface area contributed by atoms with Crippen molar-refractivity contribution in [1.82, 2.24) is 9.88 Å². The molecule has 0 unspecified atom stereocenters. The smallest absolute Gasteiger partial charge is 0.0283 e. The van der Waals surface area contributed by atoms with E-state index in [4.69, 9.17) is 5.73 Å². The first-order chi connectivity index (χ1) is 8.72. The molecule has 0 bridgehead atoms. The zero-order valence-electron chi connectivity index (χ0n) is 11.4. The van der Waals surface area contributed by atoms with Crippen LogP contribution in [0.25, 0.3) is 0 Å². The molecule has 0 atom stereocenters. The predicted molar refractivity (Wildman–Crippen MR) is 75.2 cm³/mol. The molecule has 1 aliphatic rings. The van der Waals surface area contributed by atoms with Crippen LogP contribution in [0.15, 0.2) is 24.5 Å². The number of pyridine rings is 1. The lowest BCUT2D eigenvalue weighted by Gasteiger charge is -2.38. The Morgan fingerprint density at radius 2 is 1.89 bits per heavy atom. The molecular formula is C15H25N3. The second-order valence-corrected chi connectivity index (χ2v) is 5.58. The predicted octanol–water partition coefficient (Wildman–Crippen LogP) is 2.57. The van der Waals surface area contributed by atoms with Crippen LogP contribution in [0.1, 0.15) is 44.6 Å². The quantitative estimate of drug-likeness (QED) is 0.869. The summed E-state index contributed by atoms with van der Waals surface area (Å²) in [6.45, 7) is 5.28. The van der Waals surface area contributed by atoms with Crippen molar-refractivity contribution in [1.29, 1.82) is 0 Å². The van der Waals surface area contributed by atoms with E-state index in [-0.39, 0.29) is 5.54 Å². The molecular weight excluding hydrogens is 222 g/mol. The molecule has 1 saturated carbocycles. The maximum absolute atomic E-state index is 6.54. The molecule has 18 heavy (non-hydrogen) atoms. The molecule has 100 valence electrons. The van der Waals surface area contributed by atoms with E-state index in [0.717, 1.165) is 19.6 Å². The van der Waals surface area contributed by atoms with Gasteiger partial charge in [0.25, 0.3) is 0 Å². The molecule has 0 spiro atoms. The van der Waals surface area contributed by atoms with Crippen LogP contribution in [0.5, 0.6) is 0 Å². The molecule has 1 aromatic rings. The number of hydrogen-bond donors (Lipinski definition) is 1. The van der Waals surface area contributed by atoms with E-state index < -0.39 is 0 Å². The Labute approximate surface area is 110 Å². The Morgan fingerprint density at radius 1 is 1.22 bits per heavy atom. The maximum Gasteiger partial charge on any atom is 0.0283 e. The topological polar surface area (TPSA) is 42.2 Å². The zero-order chi connectivity index (χ0) is 12.8. The Hall–Kier alpha value is -0.930. The lowest BCUT2D eigenvalue weighted by atomic mass is 9.82. The Balaban J connectivity index is 1.92. The molecule has 1 aliphatic carbocycles. The van der Waals surface area contributed by atoms with Crippen molar-refractivity contribution < 1.29 is 0 Å². The number of hydrogen-bond acceptors (Lipinski definition) is 3. The van der Waals surface area contributed by atoms with Gasteiger partial charge in [-0.05, 0) is 37.1 Å². The van der Waals surface area contributed by atoms with Gasteiger partial charge in [0, 0.05) is 31.0 Å². The van der Waals surface area contributed by atoms with Crippen LogP contribution in [0.3, 0.4) is 0 Å². The first kappa shape index (κ1) is 13.5. The van der Waals surface area contributed by atoms with Gasteiger partial charge in [0.2, 0.25) is 0 Å². The van der Waals surface area contributed by atoms with Crippen molar-refractivity contribution in [2.24, 2.45) is 5.73 Å². The lowest BCUT2D eigenvalue weighted by molar-refractivity contribution is 0.172. The van der Waals surface area contributed by atoms with Gasteiger partial charge in [-0.25, -0.2) is 0 Å². The minimum atomic E-state index is 0.0429. The minimum Gasteiger partial charge on any atom is -0.324 e. The third kappa shape index (κ3) is 3.79. The van der Waals surface area contributed by atoms with Crippen LogP contribution in [-0.4, -0.2) is 28.5 Å². The summed E-state index contributed by atoms with van der Waals surface area (Å²) in [6.07, 6.45) is 10.0. The van der Waals surface area contributed by atoms with Gasteiger partial charge in [-0.2, -0.15) is 0 Å². The summed E-state index contributed by atoms with van der Waals surface area (Å²) < 4.78 is 0. The second kappa shape index (κ2) is 6.30. The first-order valence-electron chi connectivity index (χ1n) is 7.12. The number of nitrogens with zero attached hydrogens (tertiary/aromatic N) is 2. The normalized spacial score (nSPS) is 19.1. The van der Waals surface area contributed by atoms with Crippen LogP contribution in [0.2, 0.25) is 0 Å². The van der Waals surface area contributed by atoms with Crippen LogP contribution in [-0.2, 0) is 6.54 Å². The maximum atomic E-state index is 6.54. The molecule has 1 aromatic heterocycles. The van der Waals surface area contributed by atoms with E-state index in [1.54, 1.807) is 0 Å². The highest BCUT2D eigenvalue weighted by Crippen LogP contribution is 2.27. The molecule has 0 radical (unpaired) electrons. The van der Waals surface area contributed by atoms with E-state index in [2.05, 4.69) is 28.9 Å². The summed E-state index contributed by atoms with van der Waals surface area (Å²) in [5.74, 6) is 0. The number of likely N-dealkylation sites (N-methyl/N-ethyl adjacent to an activating group) is 1. The molecule has 2 N–H and O–H groups in total. The van der Waals surface area contributed by atoms with Crippen molar-refractivity contribution in [3.05, 3.63) is 30.1 Å². The fourth-order valence-corrected chi connectivity index (χ4v) is 2.89. The number of nitrogens with two attached hydrogens (primary N) is 1. The highest BCUT2D eigenvalue weighted by molar-refractivity contribution is 5.09. The van der Waals surface area contributed by atoms with Gasteiger partial charge in [0.15, 0.2) is 0 Å². The molecule has 3 heteroatoms. The first-order valence-corrected chi connectivity index (χ1v) is 7.12. The van der Waals surface area contributed by atoms with Crippen LogP contribution < -0.4 is 5.73 Å². The van der Waals surface area contributed by atoms with Crippen LogP contribution >= 0.6 is 0 Å². The molecule has 1 fully saturated rings. The Morgan fingerprint density at radius 3 is 2.50 bits per heavy atom. The van der Waals surface area contributed by atoms with E-state index >= 15 is 0 Å². The van der Waals surface area contributed by atoms with Gasteiger partial charge in [0.1, 0.15) is 0 Å². The third-order valence-electron chi connectivity index (χ3n) is 3.99. The summed E-state index contributed by atoms with van der Waals surface area (Å²) in [5.41, 5.74) is 7.90. The molecule has 2 rings (SSSR count). The van der Waals surface area contributed by atoms with E-state index in [1.807, 2.05) is 12.4 Å². The molecule has 0 aliphatic heterocycles. The van der Waals surface area contributed by atoms with Crippen molar-refractivity contribution in [2.45, 2.75) is 51.1 Å². The molecule has 1 heterocycles. The summed E-state index contributed by atoms with van der Waals surface area (Å²) >= 11 is 0. The molecule has 0 aromatic carbocycles. The van der Waals surface area contributed by atoms with Crippen molar-refractivity contribution in [2.75, 3.05) is 13.1 Å². The zero-order valence-corrected chi connectivity index (χ0v) is 11.4. The molecule has 3 nitrogen and oxygen atoms in total. The average molecular weight is 247 g/mol. The summed E-state index contributed by atoms with van der Waals surface area (Å²) in [5, 5.41) is 0. The Kier molecular flexibility index (Phi) is 4.72. The fraction of sp³-hybridized carbons (Fsp3) is 0.667. The van der Waals surface area contributed by atoms with E-state index in [9.17, 15) is 0 Å². The van der Waals surface area contributed by atoms with Gasteiger partial charge in [-0.3, -0.25) is 9.88 Å². The number of aromatic nitrogens is 1. The van der Waals surface area contributed by atoms with Crippen molar-refractivity contribution in [3.8, 4) is 0 Å². The van der Waals surface area contributed by atoms with Crippen LogP contribution in [0, 0.1) is 0 Å². The standard InChI is InChI=1S/C15H25N3/c1-2-18(12-14-6-10-17-11-7-14)13-15(16)8-4-3-5-9-15/h6-7,10-11H,2-5,8-9,12-13,16H2,1H3. The monoisotopic (exact) mass is 247 g/mol. The van der Waals surface area contributed by atoms with Gasteiger partial charge in [-0.15, -0.1) is 0 Å². The number of rotatable bonds is 5. The van der Waals surface area contributed by atoms with Gasteiger partial charge < -0.3 is 5.73 Å². The minimum absolute atomic E-state index is 0.0429. The fourth-order valence-electron chi connectivity index (χ4n) is 2.89. The van der Waals surface area contributed by atoms with E-state index in [0.29, 0.717) is 0 Å². The summed E-state index contributed by atoms with van der Waals surface area (Å²) in [6, 6.07) is 4.18. The highest BCUT2D eigenvalue weighted by Gasteiger charge is 2.29. The largest absolute Gasteiger partial charge is 0.324 e. The second-order valence-electron chi connectivity index (χ2n) is 5.58.